The van der Waals surface area contributed by atoms with Crippen LogP contribution in [0.2, 0.25) is 10.0 Å². The summed E-state index contributed by atoms with van der Waals surface area (Å²) in [5, 5.41) is 4.01. The summed E-state index contributed by atoms with van der Waals surface area (Å²) in [4.78, 5) is 25.6. The molecule has 0 radical (unpaired) electrons. The molecular weight excluding hydrogens is 437 g/mol. The lowest BCUT2D eigenvalue weighted by atomic mass is 10.1. The molecule has 0 saturated carbocycles. The summed E-state index contributed by atoms with van der Waals surface area (Å²) in [7, 11) is 0. The Balaban J connectivity index is 1.71. The van der Waals surface area contributed by atoms with E-state index >= 15 is 0 Å². The molecule has 0 saturated heterocycles. The minimum absolute atomic E-state index is 0.0718. The van der Waals surface area contributed by atoms with Crippen LogP contribution in [0.5, 0.6) is 5.75 Å². The summed E-state index contributed by atoms with van der Waals surface area (Å²) in [6, 6.07) is 18.9. The molecule has 1 amide bonds. The number of ether oxygens (including phenoxy) is 1. The number of benzene rings is 3. The van der Waals surface area contributed by atoms with Gasteiger partial charge in [0.15, 0.2) is 12.4 Å². The summed E-state index contributed by atoms with van der Waals surface area (Å²) < 4.78 is 11.7. The lowest BCUT2D eigenvalue weighted by molar-refractivity contribution is -0.118. The Hall–Kier alpha value is -3.28. The van der Waals surface area contributed by atoms with Crippen molar-refractivity contribution in [2.24, 2.45) is 0 Å². The Kier molecular flexibility index (Phi) is 5.98. The molecule has 1 heterocycles. The maximum Gasteiger partial charge on any atom is 0.262 e. The highest BCUT2D eigenvalue weighted by molar-refractivity contribution is 6.33. The molecule has 0 bridgehead atoms. The molecule has 3 aromatic carbocycles. The van der Waals surface area contributed by atoms with Crippen molar-refractivity contribution in [3.05, 3.63) is 92.6 Å². The average Bonchev–Trinajstić information content (AvgIpc) is 2.75. The van der Waals surface area contributed by atoms with Crippen LogP contribution in [0.1, 0.15) is 5.56 Å². The van der Waals surface area contributed by atoms with Crippen LogP contribution in [0.3, 0.4) is 0 Å². The van der Waals surface area contributed by atoms with Gasteiger partial charge in [-0.3, -0.25) is 9.59 Å². The monoisotopic (exact) mass is 453 g/mol. The molecule has 0 unspecified atom stereocenters. The molecule has 0 aliphatic rings. The van der Waals surface area contributed by atoms with Crippen LogP contribution in [-0.2, 0) is 4.79 Å². The van der Waals surface area contributed by atoms with E-state index in [1.165, 1.54) is 0 Å². The van der Waals surface area contributed by atoms with Gasteiger partial charge in [-0.05, 0) is 55.5 Å². The largest absolute Gasteiger partial charge is 0.476 e. The van der Waals surface area contributed by atoms with E-state index in [0.29, 0.717) is 32.3 Å². The molecule has 0 aliphatic heterocycles. The quantitative estimate of drug-likeness (QED) is 0.396. The van der Waals surface area contributed by atoms with Crippen molar-refractivity contribution >= 4 is 45.8 Å². The third-order valence-corrected chi connectivity index (χ3v) is 5.18. The Morgan fingerprint density at radius 2 is 1.77 bits per heavy atom. The highest BCUT2D eigenvalue weighted by Crippen LogP contribution is 2.35. The third-order valence-electron chi connectivity index (χ3n) is 4.60. The van der Waals surface area contributed by atoms with Crippen molar-refractivity contribution in [3.63, 3.8) is 0 Å². The summed E-state index contributed by atoms with van der Waals surface area (Å²) in [5.74, 6) is -0.333. The molecule has 156 valence electrons. The number of rotatable bonds is 5. The number of amides is 1. The number of carbonyl (C=O) groups excluding carboxylic acids is 1. The van der Waals surface area contributed by atoms with Gasteiger partial charge in [0.25, 0.3) is 5.91 Å². The number of nitrogens with one attached hydrogen (secondary N) is 1. The van der Waals surface area contributed by atoms with Gasteiger partial charge in [-0.1, -0.05) is 47.0 Å². The average molecular weight is 454 g/mol. The smallest absolute Gasteiger partial charge is 0.262 e. The highest BCUT2D eigenvalue weighted by Gasteiger charge is 2.20. The minimum atomic E-state index is -0.434. The number of hydrogen-bond donors (Lipinski definition) is 1. The maximum atomic E-state index is 13.2. The van der Waals surface area contributed by atoms with Gasteiger partial charge in [0.05, 0.1) is 10.4 Å². The van der Waals surface area contributed by atoms with Gasteiger partial charge < -0.3 is 14.5 Å². The van der Waals surface area contributed by atoms with E-state index in [0.717, 1.165) is 5.56 Å². The van der Waals surface area contributed by atoms with Crippen LogP contribution in [0.4, 0.5) is 5.69 Å². The zero-order valence-corrected chi connectivity index (χ0v) is 18.0. The minimum Gasteiger partial charge on any atom is -0.476 e. The van der Waals surface area contributed by atoms with Gasteiger partial charge in [0.1, 0.15) is 5.58 Å². The van der Waals surface area contributed by atoms with Gasteiger partial charge in [0, 0.05) is 16.3 Å². The molecule has 5 nitrogen and oxygen atoms in total. The summed E-state index contributed by atoms with van der Waals surface area (Å²) in [6.07, 6.45) is 0. The van der Waals surface area contributed by atoms with E-state index in [-0.39, 0.29) is 23.5 Å². The molecule has 4 aromatic rings. The zero-order valence-electron chi connectivity index (χ0n) is 16.4. The van der Waals surface area contributed by atoms with Gasteiger partial charge in [-0.2, -0.15) is 0 Å². The molecule has 31 heavy (non-hydrogen) atoms. The van der Waals surface area contributed by atoms with Crippen molar-refractivity contribution in [3.8, 4) is 17.1 Å². The predicted octanol–water partition coefficient (Wildman–Crippen LogP) is 6.09. The normalized spacial score (nSPS) is 10.8. The third kappa shape index (κ3) is 4.58. The van der Waals surface area contributed by atoms with E-state index in [4.69, 9.17) is 32.4 Å². The molecule has 0 aliphatic carbocycles. The molecule has 0 spiro atoms. The lowest BCUT2D eigenvalue weighted by Gasteiger charge is -2.13. The van der Waals surface area contributed by atoms with E-state index in [1.54, 1.807) is 60.7 Å². The van der Waals surface area contributed by atoms with Crippen LogP contribution in [-0.4, -0.2) is 12.5 Å². The molecule has 4 rings (SSSR count). The number of carbonyl (C=O) groups is 1. The van der Waals surface area contributed by atoms with E-state index in [2.05, 4.69) is 5.32 Å². The fourth-order valence-corrected chi connectivity index (χ4v) is 3.46. The Labute approximate surface area is 188 Å². The first-order valence-electron chi connectivity index (χ1n) is 9.43. The second kappa shape index (κ2) is 8.84. The SMILES string of the molecule is Cc1ccc2oc(-c3ccccc3Cl)c(OCC(=O)Nc3ccc(Cl)cc3)c(=O)c2c1. The number of aryl methyl sites for hydroxylation is 1. The molecule has 0 fully saturated rings. The van der Waals surface area contributed by atoms with Crippen LogP contribution >= 0.6 is 23.2 Å². The van der Waals surface area contributed by atoms with Crippen LogP contribution < -0.4 is 15.5 Å². The van der Waals surface area contributed by atoms with Gasteiger partial charge in [0.2, 0.25) is 11.2 Å². The summed E-state index contributed by atoms with van der Waals surface area (Å²) >= 11 is 12.2. The second-order valence-electron chi connectivity index (χ2n) is 6.91. The second-order valence-corrected chi connectivity index (χ2v) is 7.76. The van der Waals surface area contributed by atoms with Gasteiger partial charge in [-0.15, -0.1) is 0 Å². The Morgan fingerprint density at radius 1 is 1.03 bits per heavy atom. The first-order valence-corrected chi connectivity index (χ1v) is 10.2. The Bertz CT molecular complexity index is 1330. The van der Waals surface area contributed by atoms with E-state index in [9.17, 15) is 9.59 Å². The molecule has 1 N–H and O–H groups in total. The topological polar surface area (TPSA) is 68.5 Å². The molecule has 7 heteroatoms. The molecule has 0 atom stereocenters. The van der Waals surface area contributed by atoms with Crippen LogP contribution in [0, 0.1) is 6.92 Å². The summed E-state index contributed by atoms with van der Waals surface area (Å²) in [5.41, 5.74) is 1.99. The fourth-order valence-electron chi connectivity index (χ4n) is 3.11. The van der Waals surface area contributed by atoms with Crippen molar-refractivity contribution < 1.29 is 13.9 Å². The van der Waals surface area contributed by atoms with Crippen LogP contribution in [0.15, 0.2) is 75.9 Å². The van der Waals surface area contributed by atoms with E-state index in [1.807, 2.05) is 13.0 Å². The molecular formula is C24H17Cl2NO4. The lowest BCUT2D eigenvalue weighted by Crippen LogP contribution is -2.22. The van der Waals surface area contributed by atoms with Gasteiger partial charge in [-0.25, -0.2) is 0 Å². The standard InChI is InChI=1S/C24H17Cl2NO4/c1-14-6-11-20-18(12-14)22(29)24(23(31-20)17-4-2-3-5-19(17)26)30-13-21(28)27-16-9-7-15(25)8-10-16/h2-12H,13H2,1H3,(H,27,28). The molecule has 1 aromatic heterocycles. The summed E-state index contributed by atoms with van der Waals surface area (Å²) in [6.45, 7) is 1.49. The van der Waals surface area contributed by atoms with Crippen molar-refractivity contribution in [2.75, 3.05) is 11.9 Å². The number of hydrogen-bond acceptors (Lipinski definition) is 4. The predicted molar refractivity (Wildman–Crippen MR) is 123 cm³/mol. The maximum absolute atomic E-state index is 13.2. The van der Waals surface area contributed by atoms with Crippen molar-refractivity contribution in [1.29, 1.82) is 0 Å². The number of anilines is 1. The number of fused-ring (bicyclic) bond motifs is 1. The van der Waals surface area contributed by atoms with Crippen molar-refractivity contribution in [2.45, 2.75) is 6.92 Å². The van der Waals surface area contributed by atoms with Crippen molar-refractivity contribution in [1.82, 2.24) is 0 Å². The number of halogens is 2. The highest BCUT2D eigenvalue weighted by atomic mass is 35.5. The fraction of sp³-hybridized carbons (Fsp3) is 0.0833. The Morgan fingerprint density at radius 3 is 2.52 bits per heavy atom. The first kappa shape index (κ1) is 21.0. The van der Waals surface area contributed by atoms with E-state index < -0.39 is 5.91 Å². The zero-order chi connectivity index (χ0) is 22.0. The van der Waals surface area contributed by atoms with Crippen LogP contribution in [0.25, 0.3) is 22.3 Å². The first-order chi connectivity index (χ1) is 14.9. The van der Waals surface area contributed by atoms with Gasteiger partial charge >= 0.3 is 0 Å².